The van der Waals surface area contributed by atoms with Crippen LogP contribution in [0.2, 0.25) is 0 Å². The molecule has 1 aromatic heterocycles. The highest BCUT2D eigenvalue weighted by atomic mass is 32.2. The molecular formula is C26H33N3O4S2. The van der Waals surface area contributed by atoms with E-state index in [1.807, 2.05) is 11.5 Å². The third-order valence-electron chi connectivity index (χ3n) is 6.64. The summed E-state index contributed by atoms with van der Waals surface area (Å²) in [5.74, 6) is 0.145. The van der Waals surface area contributed by atoms with E-state index in [1.165, 1.54) is 38.9 Å². The second-order valence-corrected chi connectivity index (χ2v) is 12.1. The van der Waals surface area contributed by atoms with Crippen LogP contribution in [0.3, 0.4) is 0 Å². The van der Waals surface area contributed by atoms with Crippen molar-refractivity contribution in [1.82, 2.24) is 8.87 Å². The minimum absolute atomic E-state index is 0.211. The molecule has 0 bridgehead atoms. The van der Waals surface area contributed by atoms with E-state index in [2.05, 4.69) is 37.9 Å². The summed E-state index contributed by atoms with van der Waals surface area (Å²) in [4.78, 5) is 18.3. The Morgan fingerprint density at radius 1 is 1.11 bits per heavy atom. The van der Waals surface area contributed by atoms with Crippen molar-refractivity contribution in [3.8, 4) is 0 Å². The van der Waals surface area contributed by atoms with Crippen LogP contribution in [0.1, 0.15) is 48.2 Å². The number of aryl methyl sites for hydroxylation is 2. The highest BCUT2D eigenvalue weighted by molar-refractivity contribution is 7.89. The molecule has 1 fully saturated rings. The summed E-state index contributed by atoms with van der Waals surface area (Å²) < 4.78 is 36.2. The van der Waals surface area contributed by atoms with Crippen molar-refractivity contribution in [2.45, 2.75) is 52.0 Å². The number of sulfonamides is 1. The van der Waals surface area contributed by atoms with E-state index < -0.39 is 15.9 Å². The summed E-state index contributed by atoms with van der Waals surface area (Å²) in [5, 5.41) is 0. The third kappa shape index (κ3) is 5.58. The molecule has 3 aromatic rings. The van der Waals surface area contributed by atoms with Gasteiger partial charge < -0.3 is 9.30 Å². The number of carbonyl (C=O) groups excluding carboxylic acids is 1. The van der Waals surface area contributed by atoms with Crippen molar-refractivity contribution < 1.29 is 17.9 Å². The lowest BCUT2D eigenvalue weighted by Crippen LogP contribution is -2.37. The van der Waals surface area contributed by atoms with E-state index in [-0.39, 0.29) is 4.90 Å². The molecule has 2 aromatic carbocycles. The molecule has 0 N–H and O–H groups in total. The number of thiazole rings is 1. The van der Waals surface area contributed by atoms with Crippen LogP contribution < -0.4 is 4.80 Å². The molecule has 0 aliphatic carbocycles. The highest BCUT2D eigenvalue weighted by Gasteiger charge is 2.28. The monoisotopic (exact) mass is 515 g/mol. The first kappa shape index (κ1) is 25.8. The Morgan fingerprint density at radius 3 is 2.43 bits per heavy atom. The zero-order valence-corrected chi connectivity index (χ0v) is 22.4. The van der Waals surface area contributed by atoms with E-state index >= 15 is 0 Å². The van der Waals surface area contributed by atoms with Crippen LogP contribution in [0, 0.1) is 19.8 Å². The molecule has 7 nitrogen and oxygen atoms in total. The van der Waals surface area contributed by atoms with Gasteiger partial charge in [-0.15, -0.1) is 0 Å². The lowest BCUT2D eigenvalue weighted by molar-refractivity contribution is 0.0996. The molecule has 188 valence electrons. The van der Waals surface area contributed by atoms with Crippen molar-refractivity contribution in [3.05, 3.63) is 57.9 Å². The second kappa shape index (κ2) is 10.7. The molecule has 9 heteroatoms. The topological polar surface area (TPSA) is 81.0 Å². The molecular weight excluding hydrogens is 482 g/mol. The summed E-state index contributed by atoms with van der Waals surface area (Å²) in [5.41, 5.74) is 3.76. The normalized spacial score (nSPS) is 16.3. The Kier molecular flexibility index (Phi) is 7.90. The van der Waals surface area contributed by atoms with Crippen LogP contribution in [-0.2, 0) is 21.3 Å². The predicted octanol–water partition coefficient (Wildman–Crippen LogP) is 4.52. The minimum Gasteiger partial charge on any atom is -0.380 e. The Bertz CT molecular complexity index is 1380. The molecule has 35 heavy (non-hydrogen) atoms. The third-order valence-corrected chi connectivity index (χ3v) is 9.59. The molecule has 2 heterocycles. The first-order chi connectivity index (χ1) is 16.7. The molecule has 1 saturated heterocycles. The number of rotatable bonds is 7. The van der Waals surface area contributed by atoms with Gasteiger partial charge in [0.1, 0.15) is 0 Å². The van der Waals surface area contributed by atoms with E-state index in [0.29, 0.717) is 49.1 Å². The van der Waals surface area contributed by atoms with Gasteiger partial charge in [-0.3, -0.25) is 4.79 Å². The van der Waals surface area contributed by atoms with Crippen molar-refractivity contribution in [3.63, 3.8) is 0 Å². The van der Waals surface area contributed by atoms with Crippen LogP contribution >= 0.6 is 11.3 Å². The van der Waals surface area contributed by atoms with Gasteiger partial charge in [0.25, 0.3) is 5.91 Å². The number of aromatic nitrogens is 1. The van der Waals surface area contributed by atoms with Crippen molar-refractivity contribution in [1.29, 1.82) is 0 Å². The average molecular weight is 516 g/mol. The summed E-state index contributed by atoms with van der Waals surface area (Å²) in [7, 11) is -3.56. The van der Waals surface area contributed by atoms with Gasteiger partial charge in [-0.25, -0.2) is 8.42 Å². The van der Waals surface area contributed by atoms with Crippen LogP contribution in [0.4, 0.5) is 0 Å². The predicted molar refractivity (Wildman–Crippen MR) is 139 cm³/mol. The summed E-state index contributed by atoms with van der Waals surface area (Å²) in [6.07, 6.45) is 1.73. The zero-order valence-electron chi connectivity index (χ0n) is 20.8. The van der Waals surface area contributed by atoms with Gasteiger partial charge in [0, 0.05) is 31.8 Å². The fraction of sp³-hybridized carbons (Fsp3) is 0.462. The summed E-state index contributed by atoms with van der Waals surface area (Å²) in [6.45, 7) is 11.0. The van der Waals surface area contributed by atoms with E-state index in [0.717, 1.165) is 23.1 Å². The van der Waals surface area contributed by atoms with Gasteiger partial charge in [-0.1, -0.05) is 18.3 Å². The molecule has 0 radical (unpaired) electrons. The molecule has 0 saturated carbocycles. The summed E-state index contributed by atoms with van der Waals surface area (Å²) >= 11 is 1.47. The number of fused-ring (bicyclic) bond motifs is 1. The first-order valence-electron chi connectivity index (χ1n) is 12.1. The Labute approximate surface area is 211 Å². The molecule has 1 amide bonds. The molecule has 0 unspecified atom stereocenters. The Hall–Kier alpha value is -2.33. The fourth-order valence-electron chi connectivity index (χ4n) is 4.22. The van der Waals surface area contributed by atoms with Crippen molar-refractivity contribution >= 4 is 37.5 Å². The van der Waals surface area contributed by atoms with Gasteiger partial charge in [-0.2, -0.15) is 9.30 Å². The van der Waals surface area contributed by atoms with Crippen LogP contribution in [0.5, 0.6) is 0 Å². The quantitative estimate of drug-likeness (QED) is 0.434. The molecule has 0 spiro atoms. The van der Waals surface area contributed by atoms with Crippen molar-refractivity contribution in [2.75, 3.05) is 26.3 Å². The van der Waals surface area contributed by atoms with E-state index in [4.69, 9.17) is 4.74 Å². The lowest BCUT2D eigenvalue weighted by atomic mass is 10.0. The number of hydrogen-bond acceptors (Lipinski definition) is 5. The SMILES string of the molecule is CCOCCn1c(=NC(=O)c2ccc(S(=O)(=O)N3CCC(C)CC3)cc2)sc2cc(C)c(C)cc21. The number of ether oxygens (including phenoxy) is 1. The van der Waals surface area contributed by atoms with Gasteiger partial charge in [0.05, 0.1) is 21.7 Å². The van der Waals surface area contributed by atoms with Crippen LogP contribution in [-0.4, -0.2) is 49.5 Å². The number of nitrogens with zero attached hydrogens (tertiary/aromatic N) is 3. The van der Waals surface area contributed by atoms with Crippen LogP contribution in [0.15, 0.2) is 46.3 Å². The number of amides is 1. The number of carbonyl (C=O) groups is 1. The second-order valence-electron chi connectivity index (χ2n) is 9.17. The first-order valence-corrected chi connectivity index (χ1v) is 14.3. The zero-order chi connectivity index (χ0) is 25.2. The Balaban J connectivity index is 1.63. The number of benzene rings is 2. The summed E-state index contributed by atoms with van der Waals surface area (Å²) in [6, 6.07) is 10.4. The lowest BCUT2D eigenvalue weighted by Gasteiger charge is -2.29. The largest absolute Gasteiger partial charge is 0.380 e. The maximum absolute atomic E-state index is 13.0. The fourth-order valence-corrected chi connectivity index (χ4v) is 6.82. The van der Waals surface area contributed by atoms with Crippen LogP contribution in [0.25, 0.3) is 10.2 Å². The molecule has 1 aliphatic heterocycles. The molecule has 1 aliphatic rings. The van der Waals surface area contributed by atoms with Gasteiger partial charge >= 0.3 is 0 Å². The van der Waals surface area contributed by atoms with Gasteiger partial charge in [0.15, 0.2) is 4.80 Å². The maximum Gasteiger partial charge on any atom is 0.279 e. The highest BCUT2D eigenvalue weighted by Crippen LogP contribution is 2.24. The smallest absolute Gasteiger partial charge is 0.279 e. The van der Waals surface area contributed by atoms with Gasteiger partial charge in [-0.05, 0) is 87.1 Å². The minimum atomic E-state index is -3.56. The Morgan fingerprint density at radius 2 is 1.77 bits per heavy atom. The molecule has 4 rings (SSSR count). The van der Waals surface area contributed by atoms with Crippen molar-refractivity contribution in [2.24, 2.45) is 10.9 Å². The molecule has 0 atom stereocenters. The maximum atomic E-state index is 13.0. The number of piperidine rings is 1. The van der Waals surface area contributed by atoms with E-state index in [9.17, 15) is 13.2 Å². The van der Waals surface area contributed by atoms with E-state index in [1.54, 1.807) is 12.1 Å². The average Bonchev–Trinajstić information content (AvgIpc) is 3.15. The number of hydrogen-bond donors (Lipinski definition) is 0. The van der Waals surface area contributed by atoms with Gasteiger partial charge in [0.2, 0.25) is 10.0 Å². The standard InChI is InChI=1S/C26H33N3O4S2/c1-5-33-15-14-29-23-16-19(3)20(4)17-24(23)34-26(29)27-25(30)21-6-8-22(9-7-21)35(31,32)28-12-10-18(2)11-13-28/h6-9,16-18H,5,10-15H2,1-4H3.